The summed E-state index contributed by atoms with van der Waals surface area (Å²) in [4.78, 5) is 2.42. The van der Waals surface area contributed by atoms with Crippen LogP contribution in [0.25, 0.3) is 0 Å². The molecule has 110 valence electrons. The number of hydrogen-bond donors (Lipinski definition) is 2. The summed E-state index contributed by atoms with van der Waals surface area (Å²) in [7, 11) is 0. The third-order valence-electron chi connectivity index (χ3n) is 4.45. The van der Waals surface area contributed by atoms with Crippen molar-refractivity contribution in [1.29, 1.82) is 0 Å². The molecule has 1 aliphatic carbocycles. The van der Waals surface area contributed by atoms with Gasteiger partial charge in [0.05, 0.1) is 6.10 Å². The minimum Gasteiger partial charge on any atom is -0.393 e. The van der Waals surface area contributed by atoms with Crippen LogP contribution < -0.4 is 10.2 Å². The fourth-order valence-corrected chi connectivity index (χ4v) is 3.27. The van der Waals surface area contributed by atoms with Crippen molar-refractivity contribution in [3.05, 3.63) is 28.2 Å². The molecule has 3 nitrogen and oxygen atoms in total. The second-order valence-corrected chi connectivity index (χ2v) is 7.08. The number of aliphatic hydroxyl groups excluding tert-OH is 1. The van der Waals surface area contributed by atoms with Gasteiger partial charge < -0.3 is 15.3 Å². The summed E-state index contributed by atoms with van der Waals surface area (Å²) in [6.07, 6.45) is 3.51. The van der Waals surface area contributed by atoms with Gasteiger partial charge in [-0.25, -0.2) is 0 Å². The molecule has 0 radical (unpaired) electrons. The van der Waals surface area contributed by atoms with E-state index >= 15 is 0 Å². The SMILES string of the molecule is CC(O)C1CCN(c2cc(Br)ccc2CNC2CC2)C1. The molecule has 1 heterocycles. The number of nitrogens with one attached hydrogen (secondary N) is 1. The summed E-state index contributed by atoms with van der Waals surface area (Å²) in [6.45, 7) is 4.86. The average molecular weight is 339 g/mol. The number of rotatable bonds is 5. The predicted octanol–water partition coefficient (Wildman–Crippen LogP) is 2.91. The summed E-state index contributed by atoms with van der Waals surface area (Å²) in [6, 6.07) is 7.28. The highest BCUT2D eigenvalue weighted by molar-refractivity contribution is 9.10. The van der Waals surface area contributed by atoms with E-state index in [9.17, 15) is 5.11 Å². The number of hydrogen-bond acceptors (Lipinski definition) is 3. The van der Waals surface area contributed by atoms with Crippen LogP contribution in [0.5, 0.6) is 0 Å². The highest BCUT2D eigenvalue weighted by Crippen LogP contribution is 2.31. The maximum Gasteiger partial charge on any atom is 0.0557 e. The Labute approximate surface area is 129 Å². The molecule has 2 N–H and O–H groups in total. The van der Waals surface area contributed by atoms with E-state index in [0.29, 0.717) is 5.92 Å². The molecule has 2 aliphatic rings. The molecular formula is C16H23BrN2O. The highest BCUT2D eigenvalue weighted by atomic mass is 79.9. The third kappa shape index (κ3) is 3.35. The molecule has 0 spiro atoms. The number of nitrogens with zero attached hydrogens (tertiary/aromatic N) is 1. The maximum atomic E-state index is 9.78. The van der Waals surface area contributed by atoms with E-state index in [0.717, 1.165) is 36.6 Å². The lowest BCUT2D eigenvalue weighted by atomic mass is 10.0. The van der Waals surface area contributed by atoms with Gasteiger partial charge in [-0.05, 0) is 43.9 Å². The second-order valence-electron chi connectivity index (χ2n) is 6.16. The quantitative estimate of drug-likeness (QED) is 0.866. The summed E-state index contributed by atoms with van der Waals surface area (Å²) >= 11 is 3.58. The Balaban J connectivity index is 1.74. The molecule has 0 bridgehead atoms. The molecule has 2 atom stereocenters. The van der Waals surface area contributed by atoms with E-state index < -0.39 is 0 Å². The molecule has 4 heteroatoms. The number of aliphatic hydroxyl groups is 1. The molecule has 1 aromatic carbocycles. The van der Waals surface area contributed by atoms with Crippen molar-refractivity contribution in [3.63, 3.8) is 0 Å². The van der Waals surface area contributed by atoms with Gasteiger partial charge in [0, 0.05) is 41.8 Å². The first kappa shape index (κ1) is 14.4. The van der Waals surface area contributed by atoms with Gasteiger partial charge >= 0.3 is 0 Å². The summed E-state index contributed by atoms with van der Waals surface area (Å²) in [5.41, 5.74) is 2.68. The van der Waals surface area contributed by atoms with Gasteiger partial charge in [0.25, 0.3) is 0 Å². The number of anilines is 1. The van der Waals surface area contributed by atoms with Crippen LogP contribution in [0.2, 0.25) is 0 Å². The largest absolute Gasteiger partial charge is 0.393 e. The van der Waals surface area contributed by atoms with E-state index in [1.54, 1.807) is 0 Å². The van der Waals surface area contributed by atoms with Crippen LogP contribution in [0.15, 0.2) is 22.7 Å². The highest BCUT2D eigenvalue weighted by Gasteiger charge is 2.28. The normalized spacial score (nSPS) is 24.1. The van der Waals surface area contributed by atoms with E-state index in [-0.39, 0.29) is 6.10 Å². The molecule has 1 aromatic rings. The number of halogens is 1. The van der Waals surface area contributed by atoms with Crippen LogP contribution in [0.3, 0.4) is 0 Å². The van der Waals surface area contributed by atoms with E-state index in [2.05, 4.69) is 44.3 Å². The molecule has 2 unspecified atom stereocenters. The lowest BCUT2D eigenvalue weighted by Crippen LogP contribution is -2.26. The summed E-state index contributed by atoms with van der Waals surface area (Å²) in [5, 5.41) is 13.4. The molecule has 1 saturated carbocycles. The average Bonchev–Trinajstić information content (AvgIpc) is 3.11. The Kier molecular flexibility index (Phi) is 4.34. The molecular weight excluding hydrogens is 316 g/mol. The first-order valence-corrected chi connectivity index (χ1v) is 8.37. The predicted molar refractivity (Wildman–Crippen MR) is 86.0 cm³/mol. The second kappa shape index (κ2) is 6.04. The van der Waals surface area contributed by atoms with Crippen molar-refractivity contribution in [2.24, 2.45) is 5.92 Å². The first-order valence-electron chi connectivity index (χ1n) is 7.58. The Morgan fingerprint density at radius 1 is 1.40 bits per heavy atom. The van der Waals surface area contributed by atoms with Crippen LogP contribution in [0.1, 0.15) is 31.7 Å². The maximum absolute atomic E-state index is 9.78. The van der Waals surface area contributed by atoms with Crippen LogP contribution in [-0.2, 0) is 6.54 Å². The minimum absolute atomic E-state index is 0.208. The van der Waals surface area contributed by atoms with Gasteiger partial charge in [-0.2, -0.15) is 0 Å². The fourth-order valence-electron chi connectivity index (χ4n) is 2.92. The Morgan fingerprint density at radius 2 is 2.20 bits per heavy atom. The van der Waals surface area contributed by atoms with Crippen LogP contribution >= 0.6 is 15.9 Å². The zero-order valence-electron chi connectivity index (χ0n) is 12.0. The molecule has 0 amide bonds. The topological polar surface area (TPSA) is 35.5 Å². The van der Waals surface area contributed by atoms with E-state index in [1.807, 2.05) is 6.92 Å². The van der Waals surface area contributed by atoms with Gasteiger partial charge in [-0.3, -0.25) is 0 Å². The van der Waals surface area contributed by atoms with Crippen molar-refractivity contribution < 1.29 is 5.11 Å². The number of benzene rings is 1. The Morgan fingerprint density at radius 3 is 2.85 bits per heavy atom. The van der Waals surface area contributed by atoms with Crippen LogP contribution in [0, 0.1) is 5.92 Å². The summed E-state index contributed by atoms with van der Waals surface area (Å²) < 4.78 is 1.13. The van der Waals surface area contributed by atoms with E-state index in [1.165, 1.54) is 24.1 Å². The third-order valence-corrected chi connectivity index (χ3v) is 4.95. The van der Waals surface area contributed by atoms with Crippen molar-refractivity contribution in [1.82, 2.24) is 5.32 Å². The molecule has 2 fully saturated rings. The van der Waals surface area contributed by atoms with Gasteiger partial charge in [-0.1, -0.05) is 22.0 Å². The van der Waals surface area contributed by atoms with Gasteiger partial charge in [0.1, 0.15) is 0 Å². The molecule has 20 heavy (non-hydrogen) atoms. The van der Waals surface area contributed by atoms with Gasteiger partial charge in [0.2, 0.25) is 0 Å². The summed E-state index contributed by atoms with van der Waals surface area (Å²) in [5.74, 6) is 0.401. The molecule has 1 saturated heterocycles. The fraction of sp³-hybridized carbons (Fsp3) is 0.625. The first-order chi connectivity index (χ1) is 9.63. The lowest BCUT2D eigenvalue weighted by molar-refractivity contribution is 0.136. The monoisotopic (exact) mass is 338 g/mol. The Bertz CT molecular complexity index is 474. The molecule has 3 rings (SSSR count). The van der Waals surface area contributed by atoms with Crippen molar-refractivity contribution >= 4 is 21.6 Å². The smallest absolute Gasteiger partial charge is 0.0557 e. The lowest BCUT2D eigenvalue weighted by Gasteiger charge is -2.23. The van der Waals surface area contributed by atoms with Crippen LogP contribution in [-0.4, -0.2) is 30.3 Å². The van der Waals surface area contributed by atoms with Crippen LogP contribution in [0.4, 0.5) is 5.69 Å². The minimum atomic E-state index is -0.208. The standard InChI is InChI=1S/C16H23BrN2O/c1-11(20)13-6-7-19(10-13)16-8-14(17)3-2-12(16)9-18-15-4-5-15/h2-3,8,11,13,15,18,20H,4-7,9-10H2,1H3. The van der Waals surface area contributed by atoms with Crippen molar-refractivity contribution in [3.8, 4) is 0 Å². The van der Waals surface area contributed by atoms with Gasteiger partial charge in [-0.15, -0.1) is 0 Å². The van der Waals surface area contributed by atoms with E-state index in [4.69, 9.17) is 0 Å². The van der Waals surface area contributed by atoms with Gasteiger partial charge in [0.15, 0.2) is 0 Å². The van der Waals surface area contributed by atoms with Crippen molar-refractivity contribution in [2.45, 2.75) is 44.9 Å². The zero-order chi connectivity index (χ0) is 14.1. The van der Waals surface area contributed by atoms with Crippen molar-refractivity contribution in [2.75, 3.05) is 18.0 Å². The Hall–Kier alpha value is -0.580. The zero-order valence-corrected chi connectivity index (χ0v) is 13.6. The molecule has 0 aromatic heterocycles. The molecule has 1 aliphatic heterocycles.